The Kier molecular flexibility index (Phi) is 3.94. The van der Waals surface area contributed by atoms with Gasteiger partial charge in [0.1, 0.15) is 0 Å². The molecule has 0 bridgehead atoms. The van der Waals surface area contributed by atoms with Gasteiger partial charge < -0.3 is 0 Å². The third kappa shape index (κ3) is 3.57. The lowest BCUT2D eigenvalue weighted by molar-refractivity contribution is -0.137. The van der Waals surface area contributed by atoms with Crippen LogP contribution in [-0.4, -0.2) is 15.0 Å². The van der Waals surface area contributed by atoms with Gasteiger partial charge in [-0.15, -0.1) is 6.58 Å². The van der Waals surface area contributed by atoms with E-state index in [0.29, 0.717) is 6.07 Å². The molecule has 1 aromatic rings. The molecule has 0 aliphatic carbocycles. The third-order valence-corrected chi connectivity index (χ3v) is 3.31. The molecule has 1 rings (SSSR count). The topological polar surface area (TPSA) is 46.2 Å². The molecule has 0 atom stereocenters. The van der Waals surface area contributed by atoms with Crippen molar-refractivity contribution in [3.05, 3.63) is 42.5 Å². The van der Waals surface area contributed by atoms with Crippen molar-refractivity contribution in [2.24, 2.45) is 0 Å². The minimum absolute atomic E-state index is 0.0431. The molecule has 1 N–H and O–H groups in total. The molecule has 7 heteroatoms. The van der Waals surface area contributed by atoms with Gasteiger partial charge in [0, 0.05) is 6.54 Å². The summed E-state index contributed by atoms with van der Waals surface area (Å²) >= 11 is 0. The predicted octanol–water partition coefficient (Wildman–Crippen LogP) is 2.17. The van der Waals surface area contributed by atoms with E-state index >= 15 is 0 Å². The predicted molar refractivity (Wildman–Crippen MR) is 56.8 cm³/mol. The molecular formula is C10H10F3NO2S. The summed E-state index contributed by atoms with van der Waals surface area (Å²) in [6, 6.07) is 3.55. The van der Waals surface area contributed by atoms with Gasteiger partial charge in [-0.05, 0) is 18.2 Å². The molecule has 0 radical (unpaired) electrons. The maximum atomic E-state index is 12.4. The zero-order valence-electron chi connectivity index (χ0n) is 8.66. The fourth-order valence-electron chi connectivity index (χ4n) is 1.09. The van der Waals surface area contributed by atoms with Gasteiger partial charge in [0.2, 0.25) is 10.0 Å². The number of benzene rings is 1. The van der Waals surface area contributed by atoms with E-state index in [2.05, 4.69) is 11.3 Å². The third-order valence-electron chi connectivity index (χ3n) is 1.89. The van der Waals surface area contributed by atoms with Crippen LogP contribution in [0.3, 0.4) is 0 Å². The van der Waals surface area contributed by atoms with E-state index < -0.39 is 26.7 Å². The second-order valence-corrected chi connectivity index (χ2v) is 4.93. The Morgan fingerprint density at radius 1 is 1.35 bits per heavy atom. The Hall–Kier alpha value is -1.34. The molecule has 17 heavy (non-hydrogen) atoms. The van der Waals surface area contributed by atoms with Crippen molar-refractivity contribution in [1.82, 2.24) is 4.72 Å². The zero-order chi connectivity index (χ0) is 13.1. The first-order valence-electron chi connectivity index (χ1n) is 4.55. The van der Waals surface area contributed by atoms with Crippen molar-refractivity contribution in [3.8, 4) is 0 Å². The fraction of sp³-hybridized carbons (Fsp3) is 0.200. The summed E-state index contributed by atoms with van der Waals surface area (Å²) in [7, 11) is -3.93. The van der Waals surface area contributed by atoms with Crippen molar-refractivity contribution in [2.45, 2.75) is 11.1 Å². The zero-order valence-corrected chi connectivity index (χ0v) is 9.48. The van der Waals surface area contributed by atoms with Gasteiger partial charge in [0.15, 0.2) is 0 Å². The average molecular weight is 265 g/mol. The lowest BCUT2D eigenvalue weighted by atomic mass is 10.2. The second kappa shape index (κ2) is 4.89. The Bertz CT molecular complexity index is 509. The van der Waals surface area contributed by atoms with Crippen LogP contribution in [0.5, 0.6) is 0 Å². The van der Waals surface area contributed by atoms with E-state index in [9.17, 15) is 21.6 Å². The highest BCUT2D eigenvalue weighted by atomic mass is 32.2. The second-order valence-electron chi connectivity index (χ2n) is 3.17. The van der Waals surface area contributed by atoms with Crippen molar-refractivity contribution < 1.29 is 21.6 Å². The highest BCUT2D eigenvalue weighted by molar-refractivity contribution is 7.89. The number of nitrogens with one attached hydrogen (secondary N) is 1. The van der Waals surface area contributed by atoms with Crippen LogP contribution < -0.4 is 4.72 Å². The van der Waals surface area contributed by atoms with Crippen molar-refractivity contribution >= 4 is 10.0 Å². The molecule has 0 aliphatic rings. The van der Waals surface area contributed by atoms with Crippen LogP contribution >= 0.6 is 0 Å². The van der Waals surface area contributed by atoms with E-state index in [0.717, 1.165) is 18.2 Å². The molecule has 0 aliphatic heterocycles. The molecule has 0 amide bonds. The number of alkyl halides is 3. The highest BCUT2D eigenvalue weighted by Gasteiger charge is 2.31. The van der Waals surface area contributed by atoms with Crippen LogP contribution in [-0.2, 0) is 16.2 Å². The Balaban J connectivity index is 3.12. The van der Waals surface area contributed by atoms with Gasteiger partial charge >= 0.3 is 6.18 Å². The first kappa shape index (κ1) is 13.7. The first-order chi connectivity index (χ1) is 7.77. The quantitative estimate of drug-likeness (QED) is 0.848. The number of halogens is 3. The van der Waals surface area contributed by atoms with Gasteiger partial charge in [-0.2, -0.15) is 13.2 Å². The maximum Gasteiger partial charge on any atom is 0.416 e. The van der Waals surface area contributed by atoms with Crippen LogP contribution in [0, 0.1) is 0 Å². The van der Waals surface area contributed by atoms with Crippen molar-refractivity contribution in [1.29, 1.82) is 0 Å². The lowest BCUT2D eigenvalue weighted by Gasteiger charge is -2.09. The fourth-order valence-corrected chi connectivity index (χ4v) is 2.14. The Morgan fingerprint density at radius 3 is 2.53 bits per heavy atom. The summed E-state index contributed by atoms with van der Waals surface area (Å²) in [4.78, 5) is -0.422. The molecule has 0 unspecified atom stereocenters. The van der Waals surface area contributed by atoms with E-state index in [4.69, 9.17) is 0 Å². The van der Waals surface area contributed by atoms with Gasteiger partial charge in [-0.3, -0.25) is 0 Å². The number of sulfonamides is 1. The monoisotopic (exact) mass is 265 g/mol. The molecule has 0 fully saturated rings. The molecule has 0 aromatic heterocycles. The minimum atomic E-state index is -4.57. The Labute approximate surface area is 97.0 Å². The van der Waals surface area contributed by atoms with Crippen molar-refractivity contribution in [3.63, 3.8) is 0 Å². The van der Waals surface area contributed by atoms with Gasteiger partial charge in [-0.25, -0.2) is 13.1 Å². The molecule has 1 aromatic carbocycles. The first-order valence-corrected chi connectivity index (χ1v) is 6.03. The van der Waals surface area contributed by atoms with Gasteiger partial charge in [0.05, 0.1) is 10.5 Å². The van der Waals surface area contributed by atoms with Crippen LogP contribution in [0.25, 0.3) is 0 Å². The maximum absolute atomic E-state index is 12.4. The normalized spacial score (nSPS) is 12.4. The average Bonchev–Trinajstić information content (AvgIpc) is 2.25. The van der Waals surface area contributed by atoms with Crippen LogP contribution in [0.4, 0.5) is 13.2 Å². The number of hydrogen-bond acceptors (Lipinski definition) is 2. The largest absolute Gasteiger partial charge is 0.416 e. The molecule has 0 saturated carbocycles. The van der Waals surface area contributed by atoms with Crippen molar-refractivity contribution in [2.75, 3.05) is 6.54 Å². The van der Waals surface area contributed by atoms with E-state index in [1.54, 1.807) is 0 Å². The smallest absolute Gasteiger partial charge is 0.207 e. The molecule has 0 heterocycles. The SMILES string of the molecule is C=CCNS(=O)(=O)c1cccc(C(F)(F)F)c1. The van der Waals surface area contributed by atoms with Gasteiger partial charge in [0.25, 0.3) is 0 Å². The van der Waals surface area contributed by atoms with Crippen LogP contribution in [0.1, 0.15) is 5.56 Å². The number of hydrogen-bond donors (Lipinski definition) is 1. The summed E-state index contributed by atoms with van der Waals surface area (Å²) in [6.45, 7) is 3.26. The summed E-state index contributed by atoms with van der Waals surface area (Å²) < 4.78 is 62.3. The highest BCUT2D eigenvalue weighted by Crippen LogP contribution is 2.30. The summed E-state index contributed by atoms with van der Waals surface area (Å²) in [5.41, 5.74) is -1.00. The molecular weight excluding hydrogens is 255 g/mol. The van der Waals surface area contributed by atoms with E-state index in [-0.39, 0.29) is 6.54 Å². The standard InChI is InChI=1S/C10H10F3NO2S/c1-2-6-14-17(15,16)9-5-3-4-8(7-9)10(11,12)13/h2-5,7,14H,1,6H2. The minimum Gasteiger partial charge on any atom is -0.207 e. The van der Waals surface area contributed by atoms with Gasteiger partial charge in [-0.1, -0.05) is 12.1 Å². The van der Waals surface area contributed by atoms with E-state index in [1.807, 2.05) is 0 Å². The molecule has 3 nitrogen and oxygen atoms in total. The summed E-state index contributed by atoms with van der Waals surface area (Å²) in [5, 5.41) is 0. The molecule has 94 valence electrons. The number of rotatable bonds is 4. The van der Waals surface area contributed by atoms with Crippen LogP contribution in [0.15, 0.2) is 41.8 Å². The van der Waals surface area contributed by atoms with E-state index in [1.165, 1.54) is 6.08 Å². The lowest BCUT2D eigenvalue weighted by Crippen LogP contribution is -2.24. The Morgan fingerprint density at radius 2 is 2.00 bits per heavy atom. The van der Waals surface area contributed by atoms with Crippen LogP contribution in [0.2, 0.25) is 0 Å². The summed E-state index contributed by atoms with van der Waals surface area (Å²) in [6.07, 6.45) is -3.27. The summed E-state index contributed by atoms with van der Waals surface area (Å²) in [5.74, 6) is 0. The molecule has 0 spiro atoms. The molecule has 0 saturated heterocycles.